The van der Waals surface area contributed by atoms with Gasteiger partial charge in [0.25, 0.3) is 5.91 Å². The van der Waals surface area contributed by atoms with Crippen LogP contribution in [0, 0.1) is 0 Å². The van der Waals surface area contributed by atoms with Gasteiger partial charge in [0.15, 0.2) is 0 Å². The van der Waals surface area contributed by atoms with Gasteiger partial charge in [0.05, 0.1) is 12.7 Å². The van der Waals surface area contributed by atoms with Crippen LogP contribution in [0.25, 0.3) is 0 Å². The molecule has 0 saturated heterocycles. The predicted molar refractivity (Wildman–Crippen MR) is 87.1 cm³/mol. The van der Waals surface area contributed by atoms with Crippen molar-refractivity contribution in [2.45, 2.75) is 33.0 Å². The summed E-state index contributed by atoms with van der Waals surface area (Å²) in [6, 6.07) is 14.2. The Morgan fingerprint density at radius 2 is 1.95 bits per heavy atom. The van der Waals surface area contributed by atoms with Gasteiger partial charge in [0.2, 0.25) is 0 Å². The van der Waals surface area contributed by atoms with Gasteiger partial charge in [-0.1, -0.05) is 19.1 Å². The zero-order valence-corrected chi connectivity index (χ0v) is 12.9. The zero-order chi connectivity index (χ0) is 15.9. The molecule has 0 aliphatic carbocycles. The van der Waals surface area contributed by atoms with E-state index in [0.29, 0.717) is 11.3 Å². The van der Waals surface area contributed by atoms with Crippen LogP contribution in [0.15, 0.2) is 48.5 Å². The van der Waals surface area contributed by atoms with Crippen molar-refractivity contribution in [1.82, 2.24) is 0 Å². The van der Waals surface area contributed by atoms with E-state index in [9.17, 15) is 4.79 Å². The Labute approximate surface area is 130 Å². The molecule has 4 heteroatoms. The molecule has 0 heterocycles. The molecule has 0 aliphatic rings. The van der Waals surface area contributed by atoms with Crippen LogP contribution in [0.5, 0.6) is 5.75 Å². The lowest BCUT2D eigenvalue weighted by molar-refractivity contribution is 0.102. The summed E-state index contributed by atoms with van der Waals surface area (Å²) in [5.41, 5.74) is 1.98. The first-order chi connectivity index (χ1) is 10.6. The molecule has 116 valence electrons. The van der Waals surface area contributed by atoms with Crippen molar-refractivity contribution in [1.29, 1.82) is 0 Å². The van der Waals surface area contributed by atoms with Crippen molar-refractivity contribution in [3.05, 3.63) is 59.7 Å². The Hall–Kier alpha value is -2.33. The van der Waals surface area contributed by atoms with Crippen LogP contribution >= 0.6 is 0 Å². The van der Waals surface area contributed by atoms with Gasteiger partial charge in [0, 0.05) is 11.3 Å². The van der Waals surface area contributed by atoms with Crippen LogP contribution in [0.4, 0.5) is 5.69 Å². The van der Waals surface area contributed by atoms with E-state index in [1.807, 2.05) is 6.92 Å². The monoisotopic (exact) mass is 299 g/mol. The molecule has 22 heavy (non-hydrogen) atoms. The summed E-state index contributed by atoms with van der Waals surface area (Å²) in [5, 5.41) is 11.9. The molecule has 0 aliphatic heterocycles. The van der Waals surface area contributed by atoms with Gasteiger partial charge >= 0.3 is 0 Å². The molecule has 2 aromatic rings. The molecule has 1 atom stereocenters. The summed E-state index contributed by atoms with van der Waals surface area (Å²) < 4.78 is 5.69. The summed E-state index contributed by atoms with van der Waals surface area (Å²) >= 11 is 0. The number of nitrogens with one attached hydrogen (secondary N) is 1. The van der Waals surface area contributed by atoms with Crippen molar-refractivity contribution in [2.75, 3.05) is 5.32 Å². The molecule has 0 saturated carbocycles. The molecule has 0 radical (unpaired) electrons. The number of ether oxygens (including phenoxy) is 1. The third-order valence-corrected chi connectivity index (χ3v) is 3.40. The Bertz CT molecular complexity index is 622. The second kappa shape index (κ2) is 7.61. The van der Waals surface area contributed by atoms with E-state index in [1.54, 1.807) is 48.5 Å². The number of rotatable bonds is 6. The fourth-order valence-corrected chi connectivity index (χ4v) is 1.95. The summed E-state index contributed by atoms with van der Waals surface area (Å²) in [4.78, 5) is 12.2. The summed E-state index contributed by atoms with van der Waals surface area (Å²) in [7, 11) is 0. The third kappa shape index (κ3) is 4.33. The molecule has 1 unspecified atom stereocenters. The van der Waals surface area contributed by atoms with E-state index in [1.165, 1.54) is 0 Å². The van der Waals surface area contributed by atoms with E-state index in [4.69, 9.17) is 9.84 Å². The average molecular weight is 299 g/mol. The largest absolute Gasteiger partial charge is 0.491 e. The van der Waals surface area contributed by atoms with Crippen molar-refractivity contribution in [2.24, 2.45) is 0 Å². The molecular weight excluding hydrogens is 278 g/mol. The summed E-state index contributed by atoms with van der Waals surface area (Å²) in [6.45, 7) is 4.02. The number of hydrogen-bond acceptors (Lipinski definition) is 3. The molecule has 4 nitrogen and oxygen atoms in total. The maximum Gasteiger partial charge on any atom is 0.255 e. The Kier molecular flexibility index (Phi) is 5.55. The van der Waals surface area contributed by atoms with Gasteiger partial charge < -0.3 is 15.2 Å². The number of amides is 1. The zero-order valence-electron chi connectivity index (χ0n) is 12.9. The highest BCUT2D eigenvalue weighted by Gasteiger charge is 2.07. The molecule has 2 aromatic carbocycles. The first-order valence-electron chi connectivity index (χ1n) is 7.40. The Morgan fingerprint density at radius 1 is 1.23 bits per heavy atom. The predicted octanol–water partition coefficient (Wildman–Crippen LogP) is 3.61. The smallest absolute Gasteiger partial charge is 0.255 e. The Balaban J connectivity index is 2.03. The fourth-order valence-electron chi connectivity index (χ4n) is 1.95. The second-order valence-electron chi connectivity index (χ2n) is 5.17. The van der Waals surface area contributed by atoms with Gasteiger partial charge in [-0.2, -0.15) is 0 Å². The molecular formula is C18H21NO3. The van der Waals surface area contributed by atoms with Gasteiger partial charge in [-0.15, -0.1) is 0 Å². The van der Waals surface area contributed by atoms with Crippen molar-refractivity contribution in [3.63, 3.8) is 0 Å². The SMILES string of the molecule is CCC(C)Oc1ccc(C(=O)Nc2cccc(CO)c2)cc1. The summed E-state index contributed by atoms with van der Waals surface area (Å²) in [6.07, 6.45) is 1.09. The molecule has 0 fully saturated rings. The maximum absolute atomic E-state index is 12.2. The van der Waals surface area contributed by atoms with Crippen molar-refractivity contribution in [3.8, 4) is 5.75 Å². The molecule has 0 spiro atoms. The number of hydrogen-bond donors (Lipinski definition) is 2. The number of benzene rings is 2. The minimum atomic E-state index is -0.190. The third-order valence-electron chi connectivity index (χ3n) is 3.40. The molecule has 0 aromatic heterocycles. The fraction of sp³-hybridized carbons (Fsp3) is 0.278. The molecule has 0 bridgehead atoms. The van der Waals surface area contributed by atoms with E-state index in [-0.39, 0.29) is 18.6 Å². The van der Waals surface area contributed by atoms with Crippen molar-refractivity contribution < 1.29 is 14.6 Å². The number of carbonyl (C=O) groups excluding carboxylic acids is 1. The lowest BCUT2D eigenvalue weighted by atomic mass is 10.1. The van der Waals surface area contributed by atoms with E-state index < -0.39 is 0 Å². The molecule has 2 N–H and O–H groups in total. The van der Waals surface area contributed by atoms with E-state index in [2.05, 4.69) is 12.2 Å². The number of carbonyl (C=O) groups is 1. The van der Waals surface area contributed by atoms with Gasteiger partial charge in [0.1, 0.15) is 5.75 Å². The van der Waals surface area contributed by atoms with E-state index >= 15 is 0 Å². The van der Waals surface area contributed by atoms with E-state index in [0.717, 1.165) is 17.7 Å². The van der Waals surface area contributed by atoms with Gasteiger partial charge in [-0.25, -0.2) is 0 Å². The highest BCUT2D eigenvalue weighted by molar-refractivity contribution is 6.04. The Morgan fingerprint density at radius 3 is 2.59 bits per heavy atom. The quantitative estimate of drug-likeness (QED) is 0.856. The lowest BCUT2D eigenvalue weighted by Gasteiger charge is -2.12. The number of anilines is 1. The van der Waals surface area contributed by atoms with Crippen LogP contribution in [-0.2, 0) is 6.61 Å². The minimum absolute atomic E-state index is 0.0502. The normalized spacial score (nSPS) is 11.8. The van der Waals surface area contributed by atoms with Crippen LogP contribution in [-0.4, -0.2) is 17.1 Å². The second-order valence-corrected chi connectivity index (χ2v) is 5.17. The van der Waals surface area contributed by atoms with Crippen LogP contribution in [0.1, 0.15) is 36.2 Å². The summed E-state index contributed by atoms with van der Waals surface area (Å²) in [5.74, 6) is 0.568. The van der Waals surface area contributed by atoms with Crippen molar-refractivity contribution >= 4 is 11.6 Å². The van der Waals surface area contributed by atoms with Crippen LogP contribution in [0.3, 0.4) is 0 Å². The standard InChI is InChI=1S/C18H21NO3/c1-3-13(2)22-17-9-7-15(8-10-17)18(21)19-16-6-4-5-14(11-16)12-20/h4-11,13,20H,3,12H2,1-2H3,(H,19,21). The number of aliphatic hydroxyl groups is 1. The minimum Gasteiger partial charge on any atom is -0.491 e. The van der Waals surface area contributed by atoms with Gasteiger partial charge in [-0.3, -0.25) is 4.79 Å². The van der Waals surface area contributed by atoms with Gasteiger partial charge in [-0.05, 0) is 55.3 Å². The van der Waals surface area contributed by atoms with Crippen LogP contribution in [0.2, 0.25) is 0 Å². The first-order valence-corrected chi connectivity index (χ1v) is 7.40. The highest BCUT2D eigenvalue weighted by Crippen LogP contribution is 2.17. The molecule has 1 amide bonds. The lowest BCUT2D eigenvalue weighted by Crippen LogP contribution is -2.13. The highest BCUT2D eigenvalue weighted by atomic mass is 16.5. The molecule has 2 rings (SSSR count). The average Bonchev–Trinajstić information content (AvgIpc) is 2.55. The first kappa shape index (κ1) is 16.0. The maximum atomic E-state index is 12.2. The van der Waals surface area contributed by atoms with Crippen LogP contribution < -0.4 is 10.1 Å². The number of aliphatic hydroxyl groups excluding tert-OH is 1. The topological polar surface area (TPSA) is 58.6 Å².